The Balaban J connectivity index is 2.25. The fourth-order valence-corrected chi connectivity index (χ4v) is 2.87. The Morgan fingerprint density at radius 1 is 1.18 bits per heavy atom. The molecule has 0 saturated carbocycles. The van der Waals surface area contributed by atoms with Crippen LogP contribution in [0.15, 0.2) is 42.5 Å². The number of hydrogen-bond donors (Lipinski definition) is 0. The second kappa shape index (κ2) is 6.10. The molecule has 22 heavy (non-hydrogen) atoms. The lowest BCUT2D eigenvalue weighted by Gasteiger charge is -2.08. The van der Waals surface area contributed by atoms with Crippen LogP contribution in [0.4, 0.5) is 10.1 Å². The molecule has 0 aliphatic carbocycles. The van der Waals surface area contributed by atoms with Crippen LogP contribution in [0.2, 0.25) is 0 Å². The molecule has 0 N–H and O–H groups in total. The average molecular weight is 325 g/mol. The lowest BCUT2D eigenvalue weighted by molar-refractivity contribution is -0.385. The van der Waals surface area contributed by atoms with E-state index in [0.29, 0.717) is 11.1 Å². The van der Waals surface area contributed by atoms with Gasteiger partial charge in [0.25, 0.3) is 0 Å². The molecule has 0 fully saturated rings. The van der Waals surface area contributed by atoms with E-state index in [0.717, 1.165) is 12.1 Å². The number of halogens is 1. The van der Waals surface area contributed by atoms with E-state index >= 15 is 0 Å². The van der Waals surface area contributed by atoms with Crippen LogP contribution >= 0.6 is 0 Å². The second-order valence-electron chi connectivity index (χ2n) is 4.64. The van der Waals surface area contributed by atoms with Crippen LogP contribution in [0, 0.1) is 22.9 Å². The third-order valence-electron chi connectivity index (χ3n) is 2.78. The zero-order valence-corrected chi connectivity index (χ0v) is 12.3. The summed E-state index contributed by atoms with van der Waals surface area (Å²) in [6.45, 7) is 1.64. The van der Waals surface area contributed by atoms with Gasteiger partial charge in [-0.25, -0.2) is 4.39 Å². The van der Waals surface area contributed by atoms with Crippen molar-refractivity contribution in [1.29, 1.82) is 0 Å². The van der Waals surface area contributed by atoms with Crippen molar-refractivity contribution in [2.75, 3.05) is 0 Å². The topological polar surface area (TPSA) is 86.5 Å². The minimum atomic E-state index is -4.10. The van der Waals surface area contributed by atoms with Crippen LogP contribution in [0.5, 0.6) is 5.75 Å². The van der Waals surface area contributed by atoms with E-state index < -0.39 is 32.3 Å². The highest BCUT2D eigenvalue weighted by atomic mass is 32.2. The van der Waals surface area contributed by atoms with Crippen LogP contribution in [0.3, 0.4) is 0 Å². The SMILES string of the molecule is Cc1ccc(OS(=O)(=O)Cc2ccc(F)cc2)c([N+](=O)[O-])c1. The average Bonchev–Trinajstić information content (AvgIpc) is 2.42. The van der Waals surface area contributed by atoms with Crippen LogP contribution in [0.1, 0.15) is 11.1 Å². The molecule has 0 atom stereocenters. The largest absolute Gasteiger partial charge is 0.375 e. The molecule has 0 aromatic heterocycles. The van der Waals surface area contributed by atoms with Gasteiger partial charge in [-0.1, -0.05) is 18.2 Å². The first-order chi connectivity index (χ1) is 10.3. The zero-order chi connectivity index (χ0) is 16.3. The van der Waals surface area contributed by atoms with E-state index in [1.165, 1.54) is 30.3 Å². The van der Waals surface area contributed by atoms with Gasteiger partial charge in [0, 0.05) is 6.07 Å². The molecule has 0 bridgehead atoms. The molecule has 0 spiro atoms. The maximum atomic E-state index is 12.8. The summed E-state index contributed by atoms with van der Waals surface area (Å²) in [6.07, 6.45) is 0. The van der Waals surface area contributed by atoms with Gasteiger partial charge < -0.3 is 4.18 Å². The molecule has 6 nitrogen and oxygen atoms in total. The molecule has 0 unspecified atom stereocenters. The molecule has 2 aromatic rings. The van der Waals surface area contributed by atoms with E-state index in [-0.39, 0.29) is 5.75 Å². The Bertz CT molecular complexity index is 802. The van der Waals surface area contributed by atoms with E-state index in [4.69, 9.17) is 4.18 Å². The third kappa shape index (κ3) is 4.01. The Hall–Kier alpha value is -2.48. The first kappa shape index (κ1) is 15.9. The third-order valence-corrected chi connectivity index (χ3v) is 3.90. The van der Waals surface area contributed by atoms with Crippen molar-refractivity contribution in [1.82, 2.24) is 0 Å². The quantitative estimate of drug-likeness (QED) is 0.479. The summed E-state index contributed by atoms with van der Waals surface area (Å²) in [5.41, 5.74) is 0.494. The van der Waals surface area contributed by atoms with Gasteiger partial charge in [-0.2, -0.15) is 8.42 Å². The lowest BCUT2D eigenvalue weighted by Crippen LogP contribution is -2.13. The second-order valence-corrected chi connectivity index (χ2v) is 6.21. The number of nitro groups is 1. The predicted molar refractivity (Wildman–Crippen MR) is 77.5 cm³/mol. The number of nitrogens with zero attached hydrogens (tertiary/aromatic N) is 1. The van der Waals surface area contributed by atoms with Gasteiger partial charge in [-0.3, -0.25) is 10.1 Å². The molecule has 116 valence electrons. The summed E-state index contributed by atoms with van der Waals surface area (Å²) in [7, 11) is -4.10. The van der Waals surface area contributed by atoms with Crippen LogP contribution in [-0.4, -0.2) is 13.3 Å². The summed E-state index contributed by atoms with van der Waals surface area (Å²) in [5, 5.41) is 10.9. The highest BCUT2D eigenvalue weighted by Gasteiger charge is 2.22. The minimum absolute atomic E-state index is 0.316. The fourth-order valence-electron chi connectivity index (χ4n) is 1.79. The molecule has 0 amide bonds. The highest BCUT2D eigenvalue weighted by molar-refractivity contribution is 7.86. The predicted octanol–water partition coefficient (Wildman–Crippen LogP) is 2.95. The van der Waals surface area contributed by atoms with Crippen molar-refractivity contribution in [2.45, 2.75) is 12.7 Å². The van der Waals surface area contributed by atoms with Crippen molar-refractivity contribution < 1.29 is 21.9 Å². The van der Waals surface area contributed by atoms with Crippen molar-refractivity contribution >= 4 is 15.8 Å². The normalized spacial score (nSPS) is 11.2. The summed E-state index contributed by atoms with van der Waals surface area (Å²) < 4.78 is 41.6. The molecule has 0 heterocycles. The van der Waals surface area contributed by atoms with Gasteiger partial charge in [0.1, 0.15) is 11.6 Å². The summed E-state index contributed by atoms with van der Waals surface area (Å²) in [5.74, 6) is -1.35. The molecular formula is C14H12FNO5S. The minimum Gasteiger partial charge on any atom is -0.375 e. The molecule has 0 saturated heterocycles. The Morgan fingerprint density at radius 2 is 1.82 bits per heavy atom. The molecule has 0 radical (unpaired) electrons. The molecule has 2 rings (SSSR count). The van der Waals surface area contributed by atoms with Crippen LogP contribution < -0.4 is 4.18 Å². The van der Waals surface area contributed by atoms with E-state index in [1.807, 2.05) is 0 Å². The zero-order valence-electron chi connectivity index (χ0n) is 11.5. The van der Waals surface area contributed by atoms with Crippen LogP contribution in [-0.2, 0) is 15.9 Å². The van der Waals surface area contributed by atoms with Crippen molar-refractivity contribution in [3.8, 4) is 5.75 Å². The van der Waals surface area contributed by atoms with Crippen molar-refractivity contribution in [2.24, 2.45) is 0 Å². The molecule has 0 aliphatic heterocycles. The maximum absolute atomic E-state index is 12.8. The van der Waals surface area contributed by atoms with Crippen molar-refractivity contribution in [3.05, 3.63) is 69.5 Å². The van der Waals surface area contributed by atoms with E-state index in [2.05, 4.69) is 0 Å². The Kier molecular flexibility index (Phi) is 4.41. The Labute approximate surface area is 126 Å². The number of nitro benzene ring substituents is 1. The number of hydrogen-bond acceptors (Lipinski definition) is 5. The van der Waals surface area contributed by atoms with Crippen molar-refractivity contribution in [3.63, 3.8) is 0 Å². The summed E-state index contributed by atoms with van der Waals surface area (Å²) in [6, 6.07) is 8.83. The van der Waals surface area contributed by atoms with Gasteiger partial charge >= 0.3 is 15.8 Å². The van der Waals surface area contributed by atoms with Gasteiger partial charge in [0.15, 0.2) is 0 Å². The van der Waals surface area contributed by atoms with E-state index in [9.17, 15) is 22.9 Å². The van der Waals surface area contributed by atoms with E-state index in [1.54, 1.807) is 6.92 Å². The Morgan fingerprint density at radius 3 is 2.41 bits per heavy atom. The smallest absolute Gasteiger partial charge is 0.313 e. The first-order valence-corrected chi connectivity index (χ1v) is 7.76. The number of rotatable bonds is 5. The van der Waals surface area contributed by atoms with Gasteiger partial charge in [-0.15, -0.1) is 0 Å². The standard InChI is InChI=1S/C14H12FNO5S/c1-10-2-7-14(13(8-10)16(17)18)21-22(19,20)9-11-3-5-12(15)6-4-11/h2-8H,9H2,1H3. The number of aryl methyl sites for hydroxylation is 1. The van der Waals surface area contributed by atoms with Gasteiger partial charge in [0.2, 0.25) is 5.75 Å². The maximum Gasteiger partial charge on any atom is 0.313 e. The first-order valence-electron chi connectivity index (χ1n) is 6.18. The monoisotopic (exact) mass is 325 g/mol. The number of benzene rings is 2. The van der Waals surface area contributed by atoms with Crippen LogP contribution in [0.25, 0.3) is 0 Å². The summed E-state index contributed by atoms with van der Waals surface area (Å²) in [4.78, 5) is 10.2. The molecule has 2 aromatic carbocycles. The fraction of sp³-hybridized carbons (Fsp3) is 0.143. The summed E-state index contributed by atoms with van der Waals surface area (Å²) >= 11 is 0. The highest BCUT2D eigenvalue weighted by Crippen LogP contribution is 2.29. The lowest BCUT2D eigenvalue weighted by atomic mass is 10.2. The van der Waals surface area contributed by atoms with Gasteiger partial charge in [-0.05, 0) is 36.2 Å². The van der Waals surface area contributed by atoms with Gasteiger partial charge in [0.05, 0.1) is 4.92 Å². The molecule has 0 aliphatic rings. The molecular weight excluding hydrogens is 313 g/mol. The molecule has 8 heteroatoms.